The van der Waals surface area contributed by atoms with Crippen molar-refractivity contribution in [1.82, 2.24) is 4.98 Å². The first-order valence-corrected chi connectivity index (χ1v) is 6.37. The topological polar surface area (TPSA) is 52.0 Å². The first-order chi connectivity index (χ1) is 9.13. The lowest BCUT2D eigenvalue weighted by Gasteiger charge is -2.08. The molecule has 0 radical (unpaired) electrons. The lowest BCUT2D eigenvalue weighted by Crippen LogP contribution is -2.11. The molecule has 3 nitrogen and oxygen atoms in total. The van der Waals surface area contributed by atoms with Gasteiger partial charge < -0.3 is 10.2 Å². The molecule has 0 aliphatic heterocycles. The van der Waals surface area contributed by atoms with E-state index in [1.165, 1.54) is 0 Å². The van der Waals surface area contributed by atoms with E-state index in [4.69, 9.17) is 21.8 Å². The molecule has 0 amide bonds. The Kier molecular flexibility index (Phi) is 3.01. The minimum Gasteiger partial charge on any atom is -0.459 e. The molecular formula is C15H13ClN2O. The first-order valence-electron chi connectivity index (χ1n) is 5.99. The number of nitrogens with two attached hydrogens (primary N) is 1. The molecular weight excluding hydrogens is 260 g/mol. The van der Waals surface area contributed by atoms with Crippen LogP contribution in [-0.2, 0) is 0 Å². The van der Waals surface area contributed by atoms with Gasteiger partial charge in [-0.1, -0.05) is 17.7 Å². The monoisotopic (exact) mass is 272 g/mol. The minimum atomic E-state index is -0.321. The van der Waals surface area contributed by atoms with Crippen LogP contribution in [0, 0.1) is 6.92 Å². The number of furan rings is 1. The quantitative estimate of drug-likeness (QED) is 0.771. The summed E-state index contributed by atoms with van der Waals surface area (Å²) in [7, 11) is 0. The van der Waals surface area contributed by atoms with Crippen LogP contribution in [0.25, 0.3) is 11.0 Å². The molecule has 2 heterocycles. The van der Waals surface area contributed by atoms with Crippen LogP contribution in [0.4, 0.5) is 0 Å². The van der Waals surface area contributed by atoms with Crippen molar-refractivity contribution < 1.29 is 4.42 Å². The molecule has 0 spiro atoms. The van der Waals surface area contributed by atoms with E-state index in [9.17, 15) is 0 Å². The Morgan fingerprint density at radius 1 is 1.21 bits per heavy atom. The standard InChI is InChI=1S/C15H13ClN2O/c1-9-4-11(8-18-7-9)15(17)14-6-10-5-12(16)2-3-13(10)19-14/h2-8,15H,17H2,1H3. The SMILES string of the molecule is Cc1cncc(C(N)c2cc3cc(Cl)ccc3o2)c1. The van der Waals surface area contributed by atoms with Crippen molar-refractivity contribution in [2.75, 3.05) is 0 Å². The van der Waals surface area contributed by atoms with Crippen molar-refractivity contribution in [3.63, 3.8) is 0 Å². The van der Waals surface area contributed by atoms with Crippen LogP contribution >= 0.6 is 11.6 Å². The summed E-state index contributed by atoms with van der Waals surface area (Å²) in [5, 5.41) is 1.64. The number of aromatic nitrogens is 1. The Morgan fingerprint density at radius 2 is 2.05 bits per heavy atom. The second-order valence-corrected chi connectivity index (χ2v) is 5.04. The zero-order valence-electron chi connectivity index (χ0n) is 10.4. The molecule has 0 aliphatic rings. The molecule has 3 aromatic rings. The minimum absolute atomic E-state index is 0.321. The molecule has 1 atom stereocenters. The average Bonchev–Trinajstić information content (AvgIpc) is 2.80. The number of hydrogen-bond donors (Lipinski definition) is 1. The summed E-state index contributed by atoms with van der Waals surface area (Å²) in [5.41, 5.74) is 9.02. The molecule has 2 aromatic heterocycles. The zero-order valence-corrected chi connectivity index (χ0v) is 11.2. The smallest absolute Gasteiger partial charge is 0.134 e. The highest BCUT2D eigenvalue weighted by molar-refractivity contribution is 6.31. The van der Waals surface area contributed by atoms with Crippen LogP contribution in [0.3, 0.4) is 0 Å². The van der Waals surface area contributed by atoms with E-state index < -0.39 is 0 Å². The van der Waals surface area contributed by atoms with Gasteiger partial charge in [0.25, 0.3) is 0 Å². The summed E-state index contributed by atoms with van der Waals surface area (Å²) >= 11 is 5.96. The molecule has 1 unspecified atom stereocenters. The van der Waals surface area contributed by atoms with Crippen molar-refractivity contribution in [3.8, 4) is 0 Å². The molecule has 0 saturated carbocycles. The maximum Gasteiger partial charge on any atom is 0.134 e. The highest BCUT2D eigenvalue weighted by Crippen LogP contribution is 2.28. The van der Waals surface area contributed by atoms with Crippen LogP contribution < -0.4 is 5.73 Å². The summed E-state index contributed by atoms with van der Waals surface area (Å²) in [6, 6.07) is 9.13. The van der Waals surface area contributed by atoms with E-state index in [-0.39, 0.29) is 6.04 Å². The summed E-state index contributed by atoms with van der Waals surface area (Å²) in [4.78, 5) is 4.16. The van der Waals surface area contributed by atoms with Crippen LogP contribution in [-0.4, -0.2) is 4.98 Å². The molecule has 0 saturated heterocycles. The largest absolute Gasteiger partial charge is 0.459 e. The van der Waals surface area contributed by atoms with Gasteiger partial charge in [-0.2, -0.15) is 0 Å². The number of hydrogen-bond acceptors (Lipinski definition) is 3. The number of fused-ring (bicyclic) bond motifs is 1. The van der Waals surface area contributed by atoms with Crippen molar-refractivity contribution in [2.45, 2.75) is 13.0 Å². The summed E-state index contributed by atoms with van der Waals surface area (Å²) < 4.78 is 5.77. The van der Waals surface area contributed by atoms with Gasteiger partial charge in [0, 0.05) is 22.8 Å². The predicted molar refractivity (Wildman–Crippen MR) is 76.2 cm³/mol. The fraction of sp³-hybridized carbons (Fsp3) is 0.133. The van der Waals surface area contributed by atoms with Crippen LogP contribution in [0.2, 0.25) is 5.02 Å². The van der Waals surface area contributed by atoms with Gasteiger partial charge in [0.15, 0.2) is 0 Å². The number of pyridine rings is 1. The molecule has 4 heteroatoms. The maximum absolute atomic E-state index is 6.22. The molecule has 3 rings (SSSR count). The van der Waals surface area contributed by atoms with Crippen molar-refractivity contribution in [3.05, 3.63) is 64.6 Å². The van der Waals surface area contributed by atoms with Crippen LogP contribution in [0.1, 0.15) is 22.9 Å². The van der Waals surface area contributed by atoms with Gasteiger partial charge in [0.05, 0.1) is 6.04 Å². The maximum atomic E-state index is 6.22. The predicted octanol–water partition coefficient (Wildman–Crippen LogP) is 3.84. The number of benzene rings is 1. The van der Waals surface area contributed by atoms with E-state index in [2.05, 4.69) is 4.98 Å². The Labute approximate surface area is 116 Å². The summed E-state index contributed by atoms with van der Waals surface area (Å²) in [6.07, 6.45) is 3.56. The Bertz CT molecular complexity index is 736. The molecule has 2 N–H and O–H groups in total. The van der Waals surface area contributed by atoms with Gasteiger partial charge in [0.1, 0.15) is 11.3 Å². The third-order valence-corrected chi connectivity index (χ3v) is 3.29. The molecule has 19 heavy (non-hydrogen) atoms. The van der Waals surface area contributed by atoms with E-state index in [0.29, 0.717) is 10.8 Å². The molecule has 1 aromatic carbocycles. The molecule has 0 aliphatic carbocycles. The van der Waals surface area contributed by atoms with Crippen LogP contribution in [0.5, 0.6) is 0 Å². The number of aryl methyl sites for hydroxylation is 1. The average molecular weight is 273 g/mol. The fourth-order valence-corrected chi connectivity index (χ4v) is 2.28. The van der Waals surface area contributed by atoms with E-state index >= 15 is 0 Å². The lowest BCUT2D eigenvalue weighted by atomic mass is 10.1. The van der Waals surface area contributed by atoms with Gasteiger partial charge in [-0.25, -0.2) is 0 Å². The van der Waals surface area contributed by atoms with Gasteiger partial charge >= 0.3 is 0 Å². The number of halogens is 1. The fourth-order valence-electron chi connectivity index (χ4n) is 2.10. The van der Waals surface area contributed by atoms with E-state index in [0.717, 1.165) is 22.1 Å². The Hall–Kier alpha value is -1.84. The highest BCUT2D eigenvalue weighted by atomic mass is 35.5. The van der Waals surface area contributed by atoms with Crippen molar-refractivity contribution in [2.24, 2.45) is 5.73 Å². The molecule has 0 bridgehead atoms. The second-order valence-electron chi connectivity index (χ2n) is 4.60. The van der Waals surface area contributed by atoms with E-state index in [1.807, 2.05) is 31.2 Å². The summed E-state index contributed by atoms with van der Waals surface area (Å²) in [5.74, 6) is 0.713. The first kappa shape index (κ1) is 12.2. The second kappa shape index (κ2) is 4.68. The van der Waals surface area contributed by atoms with Gasteiger partial charge in [-0.15, -0.1) is 0 Å². The Balaban J connectivity index is 2.04. The van der Waals surface area contributed by atoms with Gasteiger partial charge in [0.2, 0.25) is 0 Å². The lowest BCUT2D eigenvalue weighted by molar-refractivity contribution is 0.524. The number of rotatable bonds is 2. The van der Waals surface area contributed by atoms with Gasteiger partial charge in [-0.3, -0.25) is 4.98 Å². The highest BCUT2D eigenvalue weighted by Gasteiger charge is 2.14. The van der Waals surface area contributed by atoms with Gasteiger partial charge in [-0.05, 0) is 42.3 Å². The number of nitrogens with zero attached hydrogens (tertiary/aromatic N) is 1. The van der Waals surface area contributed by atoms with Crippen molar-refractivity contribution >= 4 is 22.6 Å². The normalized spacial score (nSPS) is 12.8. The van der Waals surface area contributed by atoms with E-state index in [1.54, 1.807) is 18.5 Å². The molecule has 0 fully saturated rings. The summed E-state index contributed by atoms with van der Waals surface area (Å²) in [6.45, 7) is 1.99. The third kappa shape index (κ3) is 2.35. The zero-order chi connectivity index (χ0) is 13.4. The van der Waals surface area contributed by atoms with Crippen LogP contribution in [0.15, 0.2) is 47.1 Å². The molecule has 96 valence electrons. The Morgan fingerprint density at radius 3 is 2.84 bits per heavy atom. The third-order valence-electron chi connectivity index (χ3n) is 3.06. The van der Waals surface area contributed by atoms with Crippen molar-refractivity contribution in [1.29, 1.82) is 0 Å².